The van der Waals surface area contributed by atoms with Crippen molar-refractivity contribution in [3.05, 3.63) is 0 Å². The van der Waals surface area contributed by atoms with Crippen molar-refractivity contribution < 1.29 is 19.4 Å². The van der Waals surface area contributed by atoms with Gasteiger partial charge in [0.2, 0.25) is 0 Å². The SMILES string of the molecule is CC(C)(C)OC(=O)NC(CCI)C(=O)O. The molecule has 0 fully saturated rings. The molecule has 0 heterocycles. The quantitative estimate of drug-likeness (QED) is 0.609. The lowest BCUT2D eigenvalue weighted by Gasteiger charge is -2.21. The molecule has 88 valence electrons. The third-order valence-electron chi connectivity index (χ3n) is 1.39. The number of hydrogen-bond acceptors (Lipinski definition) is 3. The number of carboxylic acid groups (broad SMARTS) is 1. The number of carbonyl (C=O) groups excluding carboxylic acids is 1. The van der Waals surface area contributed by atoms with E-state index in [0.717, 1.165) is 0 Å². The molecule has 6 heteroatoms. The molecule has 1 amide bonds. The molecule has 0 aromatic carbocycles. The smallest absolute Gasteiger partial charge is 0.408 e. The predicted octanol–water partition coefficient (Wildman–Crippen LogP) is 1.79. The maximum atomic E-state index is 11.2. The maximum absolute atomic E-state index is 11.2. The fourth-order valence-electron chi connectivity index (χ4n) is 0.816. The molecule has 0 aliphatic heterocycles. The Kier molecular flexibility index (Phi) is 5.92. The number of amides is 1. The molecule has 0 rings (SSSR count). The van der Waals surface area contributed by atoms with E-state index >= 15 is 0 Å². The molecule has 0 saturated heterocycles. The maximum Gasteiger partial charge on any atom is 0.408 e. The Morgan fingerprint density at radius 1 is 1.47 bits per heavy atom. The molecule has 5 nitrogen and oxygen atoms in total. The average molecular weight is 329 g/mol. The Hall–Kier alpha value is -0.530. The van der Waals surface area contributed by atoms with Crippen LogP contribution in [0.1, 0.15) is 27.2 Å². The molecule has 2 N–H and O–H groups in total. The summed E-state index contributed by atoms with van der Waals surface area (Å²) in [7, 11) is 0. The van der Waals surface area contributed by atoms with Crippen LogP contribution in [0.3, 0.4) is 0 Å². The molecule has 0 bridgehead atoms. The average Bonchev–Trinajstić information content (AvgIpc) is 1.99. The summed E-state index contributed by atoms with van der Waals surface area (Å²) < 4.78 is 5.61. The molecule has 0 aliphatic carbocycles. The van der Waals surface area contributed by atoms with Crippen molar-refractivity contribution in [3.8, 4) is 0 Å². The lowest BCUT2D eigenvalue weighted by atomic mass is 10.2. The third kappa shape index (κ3) is 7.40. The summed E-state index contributed by atoms with van der Waals surface area (Å²) in [6, 6.07) is -0.878. The van der Waals surface area contributed by atoms with Gasteiger partial charge in [0, 0.05) is 4.43 Å². The van der Waals surface area contributed by atoms with Gasteiger partial charge >= 0.3 is 12.1 Å². The molecule has 1 unspecified atom stereocenters. The zero-order valence-electron chi connectivity index (χ0n) is 9.04. The normalized spacial score (nSPS) is 13.1. The number of rotatable bonds is 4. The van der Waals surface area contributed by atoms with Crippen LogP contribution < -0.4 is 5.32 Å². The standard InChI is InChI=1S/C9H16INO4/c1-9(2,3)15-8(14)11-6(4-5-10)7(12)13/h6H,4-5H2,1-3H3,(H,11,14)(H,12,13). The van der Waals surface area contributed by atoms with Gasteiger partial charge in [0.25, 0.3) is 0 Å². The van der Waals surface area contributed by atoms with E-state index in [1.54, 1.807) is 20.8 Å². The highest BCUT2D eigenvalue weighted by Gasteiger charge is 2.23. The Morgan fingerprint density at radius 2 is 2.00 bits per heavy atom. The van der Waals surface area contributed by atoms with Crippen molar-refractivity contribution in [3.63, 3.8) is 0 Å². The third-order valence-corrected chi connectivity index (χ3v) is 2.01. The molecule has 0 spiro atoms. The second kappa shape index (κ2) is 6.14. The van der Waals surface area contributed by atoms with Crippen LogP contribution in [0.15, 0.2) is 0 Å². The summed E-state index contributed by atoms with van der Waals surface area (Å²) >= 11 is 2.06. The summed E-state index contributed by atoms with van der Waals surface area (Å²) in [5.41, 5.74) is -0.614. The van der Waals surface area contributed by atoms with Gasteiger partial charge in [-0.1, -0.05) is 22.6 Å². The summed E-state index contributed by atoms with van der Waals surface area (Å²) in [6.45, 7) is 5.17. The number of hydrogen-bond donors (Lipinski definition) is 2. The first-order valence-electron chi connectivity index (χ1n) is 4.54. The van der Waals surface area contributed by atoms with Crippen LogP contribution in [0.25, 0.3) is 0 Å². The Morgan fingerprint density at radius 3 is 2.33 bits per heavy atom. The van der Waals surface area contributed by atoms with E-state index in [4.69, 9.17) is 9.84 Å². The van der Waals surface area contributed by atoms with Gasteiger partial charge in [-0.15, -0.1) is 0 Å². The van der Waals surface area contributed by atoms with Gasteiger partial charge in [-0.2, -0.15) is 0 Å². The first-order valence-corrected chi connectivity index (χ1v) is 6.07. The second-order valence-electron chi connectivity index (χ2n) is 4.01. The lowest BCUT2D eigenvalue weighted by Crippen LogP contribution is -2.43. The van der Waals surface area contributed by atoms with Gasteiger partial charge < -0.3 is 15.2 Å². The number of ether oxygens (including phenoxy) is 1. The highest BCUT2D eigenvalue weighted by atomic mass is 127. The molecule has 0 radical (unpaired) electrons. The molecule has 0 aliphatic rings. The first kappa shape index (κ1) is 14.5. The fraction of sp³-hybridized carbons (Fsp3) is 0.778. The van der Waals surface area contributed by atoms with Gasteiger partial charge in [0.1, 0.15) is 11.6 Å². The monoisotopic (exact) mass is 329 g/mol. The zero-order valence-corrected chi connectivity index (χ0v) is 11.2. The van der Waals surface area contributed by atoms with Gasteiger partial charge in [0.15, 0.2) is 0 Å². The molecule has 0 aromatic rings. The lowest BCUT2D eigenvalue weighted by molar-refractivity contribution is -0.139. The van der Waals surface area contributed by atoms with E-state index in [2.05, 4.69) is 27.9 Å². The number of halogens is 1. The highest BCUT2D eigenvalue weighted by Crippen LogP contribution is 2.07. The van der Waals surface area contributed by atoms with E-state index in [-0.39, 0.29) is 0 Å². The van der Waals surface area contributed by atoms with Crippen LogP contribution in [-0.4, -0.2) is 33.2 Å². The summed E-state index contributed by atoms with van der Waals surface area (Å²) in [6.07, 6.45) is -0.311. The van der Waals surface area contributed by atoms with Gasteiger partial charge in [-0.05, 0) is 27.2 Å². The Labute approximate surface area is 103 Å². The number of nitrogens with one attached hydrogen (secondary N) is 1. The molecular formula is C9H16INO4. The summed E-state index contributed by atoms with van der Waals surface area (Å²) in [4.78, 5) is 22.0. The minimum Gasteiger partial charge on any atom is -0.480 e. The second-order valence-corrected chi connectivity index (χ2v) is 5.09. The zero-order chi connectivity index (χ0) is 12.1. The largest absolute Gasteiger partial charge is 0.480 e. The van der Waals surface area contributed by atoms with Crippen LogP contribution >= 0.6 is 22.6 Å². The van der Waals surface area contributed by atoms with Crippen molar-refractivity contribution in [2.45, 2.75) is 38.8 Å². The van der Waals surface area contributed by atoms with Crippen molar-refractivity contribution in [1.82, 2.24) is 5.32 Å². The van der Waals surface area contributed by atoms with Crippen LogP contribution in [0, 0.1) is 0 Å². The molecular weight excluding hydrogens is 313 g/mol. The topological polar surface area (TPSA) is 75.6 Å². The number of alkyl carbamates (subject to hydrolysis) is 1. The van der Waals surface area contributed by atoms with Gasteiger partial charge in [0.05, 0.1) is 0 Å². The van der Waals surface area contributed by atoms with Gasteiger partial charge in [-0.3, -0.25) is 0 Å². The van der Waals surface area contributed by atoms with E-state index < -0.39 is 23.7 Å². The Bertz CT molecular complexity index is 237. The van der Waals surface area contributed by atoms with E-state index in [1.807, 2.05) is 0 Å². The predicted molar refractivity (Wildman–Crippen MR) is 64.3 cm³/mol. The number of carboxylic acids is 1. The fourth-order valence-corrected chi connectivity index (χ4v) is 1.44. The molecule has 0 saturated carbocycles. The molecule has 15 heavy (non-hydrogen) atoms. The number of aliphatic carboxylic acids is 1. The summed E-state index contributed by atoms with van der Waals surface area (Å²) in [5, 5.41) is 11.1. The van der Waals surface area contributed by atoms with Gasteiger partial charge in [-0.25, -0.2) is 9.59 Å². The minimum absolute atomic E-state index is 0.384. The first-order chi connectivity index (χ1) is 6.76. The van der Waals surface area contributed by atoms with E-state index in [1.165, 1.54) is 0 Å². The highest BCUT2D eigenvalue weighted by molar-refractivity contribution is 14.1. The van der Waals surface area contributed by atoms with Crippen molar-refractivity contribution in [2.75, 3.05) is 4.43 Å². The molecule has 1 atom stereocenters. The van der Waals surface area contributed by atoms with Crippen molar-refractivity contribution in [1.29, 1.82) is 0 Å². The number of carbonyl (C=O) groups is 2. The van der Waals surface area contributed by atoms with Crippen LogP contribution in [0.5, 0.6) is 0 Å². The van der Waals surface area contributed by atoms with Crippen LogP contribution in [-0.2, 0) is 9.53 Å². The minimum atomic E-state index is -1.04. The van der Waals surface area contributed by atoms with E-state index in [9.17, 15) is 9.59 Å². The summed E-state index contributed by atoms with van der Waals surface area (Å²) in [5.74, 6) is -1.04. The number of alkyl halides is 1. The van der Waals surface area contributed by atoms with Crippen molar-refractivity contribution in [2.24, 2.45) is 0 Å². The Balaban J connectivity index is 4.18. The van der Waals surface area contributed by atoms with E-state index in [0.29, 0.717) is 10.8 Å². The van der Waals surface area contributed by atoms with Crippen LogP contribution in [0.2, 0.25) is 0 Å². The van der Waals surface area contributed by atoms with Crippen molar-refractivity contribution >= 4 is 34.7 Å². The van der Waals surface area contributed by atoms with Crippen LogP contribution in [0.4, 0.5) is 4.79 Å². The molecule has 0 aromatic heterocycles.